The number of hydrogen-bond donors (Lipinski definition) is 2. The zero-order chi connectivity index (χ0) is 21.4. The highest BCUT2D eigenvalue weighted by atomic mass is 35.5. The van der Waals surface area contributed by atoms with Crippen molar-refractivity contribution in [3.05, 3.63) is 58.9 Å². The van der Waals surface area contributed by atoms with Gasteiger partial charge in [0.1, 0.15) is 11.4 Å². The quantitative estimate of drug-likeness (QED) is 0.722. The maximum atomic E-state index is 13.7. The molecule has 1 spiro atoms. The van der Waals surface area contributed by atoms with E-state index in [0.717, 1.165) is 11.0 Å². The van der Waals surface area contributed by atoms with E-state index in [0.29, 0.717) is 11.3 Å². The van der Waals surface area contributed by atoms with E-state index in [2.05, 4.69) is 10.6 Å². The van der Waals surface area contributed by atoms with Gasteiger partial charge in [-0.15, -0.1) is 0 Å². The molecule has 0 aliphatic carbocycles. The molecule has 2 fully saturated rings. The van der Waals surface area contributed by atoms with E-state index in [4.69, 9.17) is 11.6 Å². The maximum absolute atomic E-state index is 13.7. The number of nitrogens with one attached hydrogen (secondary N) is 2. The molecule has 0 unspecified atom stereocenters. The summed E-state index contributed by atoms with van der Waals surface area (Å²) in [4.78, 5) is 41.4. The molecule has 2 aromatic rings. The molecule has 2 aromatic carbocycles. The maximum Gasteiger partial charge on any atom is 0.250 e. The van der Waals surface area contributed by atoms with Crippen LogP contribution in [0.1, 0.15) is 19.4 Å². The van der Waals surface area contributed by atoms with E-state index >= 15 is 0 Å². The van der Waals surface area contributed by atoms with E-state index in [1.165, 1.54) is 12.1 Å². The van der Waals surface area contributed by atoms with Crippen molar-refractivity contribution in [2.75, 3.05) is 10.2 Å². The lowest BCUT2D eigenvalue weighted by molar-refractivity contribution is -0.130. The molecule has 0 radical (unpaired) electrons. The number of carbonyl (C=O) groups is 3. The van der Waals surface area contributed by atoms with Crippen LogP contribution in [0, 0.1) is 23.6 Å². The third kappa shape index (κ3) is 2.30. The number of benzene rings is 2. The summed E-state index contributed by atoms with van der Waals surface area (Å²) in [6.07, 6.45) is 0. The van der Waals surface area contributed by atoms with Crippen LogP contribution in [0.3, 0.4) is 0 Å². The Morgan fingerprint density at radius 2 is 1.83 bits per heavy atom. The van der Waals surface area contributed by atoms with Crippen LogP contribution in [0.2, 0.25) is 5.02 Å². The second-order valence-electron chi connectivity index (χ2n) is 8.34. The van der Waals surface area contributed by atoms with E-state index in [1.807, 2.05) is 13.8 Å². The van der Waals surface area contributed by atoms with Gasteiger partial charge in [-0.3, -0.25) is 19.7 Å². The number of imide groups is 1. The van der Waals surface area contributed by atoms with Gasteiger partial charge in [-0.1, -0.05) is 43.6 Å². The van der Waals surface area contributed by atoms with Gasteiger partial charge in [0.05, 0.1) is 22.5 Å². The summed E-state index contributed by atoms with van der Waals surface area (Å²) < 4.78 is 13.7. The van der Waals surface area contributed by atoms with Crippen LogP contribution in [-0.4, -0.2) is 23.8 Å². The number of rotatable bonds is 2. The van der Waals surface area contributed by atoms with Crippen molar-refractivity contribution in [2.24, 2.45) is 17.8 Å². The zero-order valence-corrected chi connectivity index (χ0v) is 17.0. The molecule has 6 nitrogen and oxygen atoms in total. The van der Waals surface area contributed by atoms with Gasteiger partial charge < -0.3 is 5.32 Å². The highest BCUT2D eigenvalue weighted by Gasteiger charge is 2.70. The third-order valence-corrected chi connectivity index (χ3v) is 6.73. The van der Waals surface area contributed by atoms with E-state index in [1.54, 1.807) is 24.3 Å². The molecular formula is C22H19ClFN3O3. The standard InChI is InChI=1S/C22H19ClFN3O3/c1-10(2)18-16-17(22(26-18)12-5-3-4-6-15(12)25-21(22)30)20(29)27(19(16)28)11-7-8-14(24)13(23)9-11/h3-10,16-18,26H,1-2H3,(H,25,30)/t16-,17-,18-,22-/m0/s1. The summed E-state index contributed by atoms with van der Waals surface area (Å²) in [5, 5.41) is 6.04. The van der Waals surface area contributed by atoms with E-state index in [9.17, 15) is 18.8 Å². The predicted molar refractivity (Wildman–Crippen MR) is 109 cm³/mol. The Balaban J connectivity index is 1.68. The second kappa shape index (κ2) is 6.36. The fourth-order valence-electron chi connectivity index (χ4n) is 5.14. The van der Waals surface area contributed by atoms with E-state index < -0.39 is 35.0 Å². The third-order valence-electron chi connectivity index (χ3n) is 6.44. The summed E-state index contributed by atoms with van der Waals surface area (Å²) in [6, 6.07) is 10.5. The number of anilines is 2. The molecule has 2 saturated heterocycles. The van der Waals surface area contributed by atoms with Crippen LogP contribution < -0.4 is 15.5 Å². The Kier molecular flexibility index (Phi) is 4.07. The number of nitrogens with zero attached hydrogens (tertiary/aromatic N) is 1. The first-order valence-electron chi connectivity index (χ1n) is 9.79. The lowest BCUT2D eigenvalue weighted by atomic mass is 9.76. The normalized spacial score (nSPS) is 29.7. The summed E-state index contributed by atoms with van der Waals surface area (Å²) in [5.41, 5.74) is 0.159. The summed E-state index contributed by atoms with van der Waals surface area (Å²) in [7, 11) is 0. The SMILES string of the molecule is CC(C)[C@@H]1N[C@]2(C(=O)Nc3ccccc32)[C@@H]2C(=O)N(c3ccc(F)c(Cl)c3)C(=O)[C@@H]21. The average molecular weight is 428 g/mol. The number of para-hydroxylation sites is 1. The van der Waals surface area contributed by atoms with Crippen molar-refractivity contribution in [1.82, 2.24) is 5.32 Å². The van der Waals surface area contributed by atoms with Crippen molar-refractivity contribution in [3.8, 4) is 0 Å². The fourth-order valence-corrected chi connectivity index (χ4v) is 5.32. The molecular weight excluding hydrogens is 409 g/mol. The van der Waals surface area contributed by atoms with Crippen molar-refractivity contribution in [3.63, 3.8) is 0 Å². The van der Waals surface area contributed by atoms with Gasteiger partial charge in [-0.25, -0.2) is 9.29 Å². The largest absolute Gasteiger partial charge is 0.324 e. The first-order chi connectivity index (χ1) is 14.3. The second-order valence-corrected chi connectivity index (χ2v) is 8.74. The van der Waals surface area contributed by atoms with Gasteiger partial charge in [0, 0.05) is 17.3 Å². The minimum absolute atomic E-state index is 0.00839. The Hall–Kier alpha value is -2.77. The van der Waals surface area contributed by atoms with Crippen molar-refractivity contribution in [1.29, 1.82) is 0 Å². The van der Waals surface area contributed by atoms with Crippen molar-refractivity contribution < 1.29 is 18.8 Å². The highest BCUT2D eigenvalue weighted by Crippen LogP contribution is 2.54. The Bertz CT molecular complexity index is 1120. The smallest absolute Gasteiger partial charge is 0.250 e. The molecule has 3 aliphatic heterocycles. The first-order valence-corrected chi connectivity index (χ1v) is 10.2. The lowest BCUT2D eigenvalue weighted by Gasteiger charge is -2.30. The predicted octanol–water partition coefficient (Wildman–Crippen LogP) is 3.06. The minimum Gasteiger partial charge on any atom is -0.324 e. The van der Waals surface area contributed by atoms with Crippen LogP contribution in [-0.2, 0) is 19.9 Å². The van der Waals surface area contributed by atoms with Gasteiger partial charge in [0.15, 0.2) is 0 Å². The number of hydrogen-bond acceptors (Lipinski definition) is 4. The summed E-state index contributed by atoms with van der Waals surface area (Å²) >= 11 is 5.90. The van der Waals surface area contributed by atoms with Crippen LogP contribution >= 0.6 is 11.6 Å². The number of fused-ring (bicyclic) bond motifs is 4. The first kappa shape index (κ1) is 19.2. The molecule has 3 amide bonds. The van der Waals surface area contributed by atoms with Crippen LogP contribution in [0.25, 0.3) is 0 Å². The molecule has 0 bridgehead atoms. The van der Waals surface area contributed by atoms with Gasteiger partial charge in [0.25, 0.3) is 0 Å². The number of amides is 3. The van der Waals surface area contributed by atoms with Crippen LogP contribution in [0.5, 0.6) is 0 Å². The molecule has 8 heteroatoms. The Labute approximate surface area is 177 Å². The molecule has 30 heavy (non-hydrogen) atoms. The van der Waals surface area contributed by atoms with Crippen molar-refractivity contribution >= 4 is 40.7 Å². The molecule has 4 atom stereocenters. The number of halogens is 2. The monoisotopic (exact) mass is 427 g/mol. The average Bonchev–Trinajstić information content (AvgIpc) is 3.30. The van der Waals surface area contributed by atoms with Gasteiger partial charge in [-0.2, -0.15) is 0 Å². The van der Waals surface area contributed by atoms with Gasteiger partial charge in [-0.05, 0) is 30.2 Å². The zero-order valence-electron chi connectivity index (χ0n) is 16.3. The molecule has 0 saturated carbocycles. The topological polar surface area (TPSA) is 78.5 Å². The van der Waals surface area contributed by atoms with Crippen LogP contribution in [0.15, 0.2) is 42.5 Å². The fraction of sp³-hybridized carbons (Fsp3) is 0.318. The molecule has 5 rings (SSSR count). The highest BCUT2D eigenvalue weighted by molar-refractivity contribution is 6.32. The number of carbonyl (C=O) groups excluding carboxylic acids is 3. The Morgan fingerprint density at radius 1 is 1.10 bits per heavy atom. The molecule has 2 N–H and O–H groups in total. The Morgan fingerprint density at radius 3 is 2.53 bits per heavy atom. The summed E-state index contributed by atoms with van der Waals surface area (Å²) in [6.45, 7) is 3.89. The van der Waals surface area contributed by atoms with Gasteiger partial charge in [0.2, 0.25) is 17.7 Å². The summed E-state index contributed by atoms with van der Waals surface area (Å²) in [5.74, 6) is -3.53. The molecule has 3 heterocycles. The van der Waals surface area contributed by atoms with Gasteiger partial charge >= 0.3 is 0 Å². The minimum atomic E-state index is -1.33. The van der Waals surface area contributed by atoms with Crippen LogP contribution in [0.4, 0.5) is 15.8 Å². The van der Waals surface area contributed by atoms with Crippen molar-refractivity contribution in [2.45, 2.75) is 25.4 Å². The van der Waals surface area contributed by atoms with E-state index in [-0.39, 0.29) is 28.6 Å². The molecule has 3 aliphatic rings. The lowest BCUT2D eigenvalue weighted by Crippen LogP contribution is -2.54. The molecule has 154 valence electrons. The molecule has 0 aromatic heterocycles.